The second-order valence-electron chi connectivity index (χ2n) is 4.34. The number of aryl methyl sites for hydroxylation is 1. The zero-order valence-corrected chi connectivity index (χ0v) is 12.3. The molecule has 2 N–H and O–H groups in total. The minimum Gasteiger partial charge on any atom is -0.398 e. The van der Waals surface area contributed by atoms with Gasteiger partial charge in [0.1, 0.15) is 0 Å². The molecule has 0 unspecified atom stereocenters. The molecule has 18 heavy (non-hydrogen) atoms. The maximum Gasteiger partial charge on any atom is 0.0491 e. The van der Waals surface area contributed by atoms with Gasteiger partial charge >= 0.3 is 0 Å². The molecule has 2 aromatic carbocycles. The molecule has 1 aromatic heterocycles. The second-order valence-corrected chi connectivity index (χ2v) is 6.07. The van der Waals surface area contributed by atoms with Gasteiger partial charge in [0, 0.05) is 25.8 Å². The number of anilines is 1. The van der Waals surface area contributed by atoms with Gasteiger partial charge in [0.2, 0.25) is 0 Å². The molecule has 3 heteroatoms. The summed E-state index contributed by atoms with van der Waals surface area (Å²) < 4.78 is 2.43. The van der Waals surface area contributed by atoms with E-state index in [2.05, 4.69) is 57.7 Å². The van der Waals surface area contributed by atoms with Crippen LogP contribution in [0.2, 0.25) is 0 Å². The number of nitrogens with two attached hydrogens (primary N) is 1. The van der Waals surface area contributed by atoms with Crippen molar-refractivity contribution < 1.29 is 0 Å². The Morgan fingerprint density at radius 2 is 2.00 bits per heavy atom. The van der Waals surface area contributed by atoms with Crippen molar-refractivity contribution in [3.8, 4) is 11.1 Å². The maximum absolute atomic E-state index is 5.99. The summed E-state index contributed by atoms with van der Waals surface area (Å²) in [5, 5.41) is 3.47. The van der Waals surface area contributed by atoms with E-state index in [1.165, 1.54) is 21.2 Å². The van der Waals surface area contributed by atoms with Crippen LogP contribution in [0.1, 0.15) is 5.56 Å². The lowest BCUT2D eigenvalue weighted by Crippen LogP contribution is -1.89. The third kappa shape index (κ3) is 1.84. The number of nitrogen functional groups attached to an aromatic ring is 1. The molecule has 90 valence electrons. The van der Waals surface area contributed by atoms with Gasteiger partial charge < -0.3 is 5.73 Å². The van der Waals surface area contributed by atoms with E-state index in [1.54, 1.807) is 11.3 Å². The first kappa shape index (κ1) is 11.8. The van der Waals surface area contributed by atoms with Crippen molar-refractivity contribution in [3.05, 3.63) is 51.8 Å². The SMILES string of the molecule is Cc1ccc(-c2csc3c(Br)cccc23)cc1N. The Bertz CT molecular complexity index is 730. The summed E-state index contributed by atoms with van der Waals surface area (Å²) in [4.78, 5) is 0. The summed E-state index contributed by atoms with van der Waals surface area (Å²) in [6, 6.07) is 12.6. The van der Waals surface area contributed by atoms with Crippen molar-refractivity contribution in [2.24, 2.45) is 0 Å². The van der Waals surface area contributed by atoms with Gasteiger partial charge in [-0.15, -0.1) is 11.3 Å². The van der Waals surface area contributed by atoms with Crippen LogP contribution in [0, 0.1) is 6.92 Å². The zero-order chi connectivity index (χ0) is 12.7. The van der Waals surface area contributed by atoms with Crippen LogP contribution >= 0.6 is 27.3 Å². The fourth-order valence-electron chi connectivity index (χ4n) is 2.05. The Labute approximate surface area is 118 Å². The quantitative estimate of drug-likeness (QED) is 0.612. The fourth-order valence-corrected chi connectivity index (χ4v) is 3.68. The Hall–Kier alpha value is -1.32. The molecule has 0 radical (unpaired) electrons. The average Bonchev–Trinajstić information content (AvgIpc) is 2.78. The van der Waals surface area contributed by atoms with Crippen LogP contribution in [-0.2, 0) is 0 Å². The number of rotatable bonds is 1. The number of hydrogen-bond acceptors (Lipinski definition) is 2. The van der Waals surface area contributed by atoms with Crippen LogP contribution in [0.5, 0.6) is 0 Å². The van der Waals surface area contributed by atoms with Gasteiger partial charge in [0.05, 0.1) is 0 Å². The second kappa shape index (κ2) is 4.41. The predicted molar refractivity (Wildman–Crippen MR) is 84.1 cm³/mol. The highest BCUT2D eigenvalue weighted by atomic mass is 79.9. The predicted octanol–water partition coefficient (Wildman–Crippen LogP) is 5.22. The summed E-state index contributed by atoms with van der Waals surface area (Å²) in [6.07, 6.45) is 0. The Morgan fingerprint density at radius 3 is 2.78 bits per heavy atom. The summed E-state index contributed by atoms with van der Waals surface area (Å²) >= 11 is 5.35. The molecule has 0 aliphatic carbocycles. The molecule has 0 spiro atoms. The highest BCUT2D eigenvalue weighted by molar-refractivity contribution is 9.10. The normalized spacial score (nSPS) is 11.0. The third-order valence-corrected chi connectivity index (χ3v) is 5.09. The van der Waals surface area contributed by atoms with Gasteiger partial charge in [-0.2, -0.15) is 0 Å². The van der Waals surface area contributed by atoms with Crippen molar-refractivity contribution >= 4 is 43.0 Å². The van der Waals surface area contributed by atoms with Crippen LogP contribution < -0.4 is 5.73 Å². The van der Waals surface area contributed by atoms with Crippen molar-refractivity contribution in [1.29, 1.82) is 0 Å². The number of fused-ring (bicyclic) bond motifs is 1. The molecular weight excluding hydrogens is 306 g/mol. The standard InChI is InChI=1S/C15H12BrNS/c1-9-5-6-10(7-14(9)17)12-8-18-15-11(12)3-2-4-13(15)16/h2-8H,17H2,1H3. The maximum atomic E-state index is 5.99. The van der Waals surface area contributed by atoms with E-state index < -0.39 is 0 Å². The third-order valence-electron chi connectivity index (χ3n) is 3.14. The number of hydrogen-bond donors (Lipinski definition) is 1. The largest absolute Gasteiger partial charge is 0.398 e. The van der Waals surface area contributed by atoms with Crippen molar-refractivity contribution in [2.45, 2.75) is 6.92 Å². The molecule has 0 fully saturated rings. The molecule has 0 bridgehead atoms. The van der Waals surface area contributed by atoms with Gasteiger partial charge in [0.15, 0.2) is 0 Å². The summed E-state index contributed by atoms with van der Waals surface area (Å²) in [7, 11) is 0. The van der Waals surface area contributed by atoms with Gasteiger partial charge in [0.25, 0.3) is 0 Å². The van der Waals surface area contributed by atoms with E-state index in [0.29, 0.717) is 0 Å². The molecule has 3 aromatic rings. The smallest absolute Gasteiger partial charge is 0.0491 e. The Morgan fingerprint density at radius 1 is 1.17 bits per heavy atom. The minimum absolute atomic E-state index is 0.849. The molecule has 0 aliphatic heterocycles. The number of halogens is 1. The summed E-state index contributed by atoms with van der Waals surface area (Å²) in [5.41, 5.74) is 10.4. The first-order chi connectivity index (χ1) is 8.66. The van der Waals surface area contributed by atoms with E-state index in [-0.39, 0.29) is 0 Å². The minimum atomic E-state index is 0.849. The number of benzene rings is 2. The topological polar surface area (TPSA) is 26.0 Å². The summed E-state index contributed by atoms with van der Waals surface area (Å²) in [6.45, 7) is 2.03. The number of thiophene rings is 1. The lowest BCUT2D eigenvalue weighted by atomic mass is 10.0. The Balaban J connectivity index is 2.25. The van der Waals surface area contributed by atoms with E-state index in [0.717, 1.165) is 15.7 Å². The van der Waals surface area contributed by atoms with Gasteiger partial charge in [-0.3, -0.25) is 0 Å². The monoisotopic (exact) mass is 317 g/mol. The van der Waals surface area contributed by atoms with E-state index >= 15 is 0 Å². The van der Waals surface area contributed by atoms with E-state index in [9.17, 15) is 0 Å². The van der Waals surface area contributed by atoms with Crippen molar-refractivity contribution in [1.82, 2.24) is 0 Å². The van der Waals surface area contributed by atoms with Crippen LogP contribution in [-0.4, -0.2) is 0 Å². The van der Waals surface area contributed by atoms with Gasteiger partial charge in [-0.1, -0.05) is 24.3 Å². The molecule has 1 heterocycles. The Kier molecular flexibility index (Phi) is 2.88. The van der Waals surface area contributed by atoms with Crippen molar-refractivity contribution in [3.63, 3.8) is 0 Å². The molecule has 0 atom stereocenters. The lowest BCUT2D eigenvalue weighted by Gasteiger charge is -2.04. The fraction of sp³-hybridized carbons (Fsp3) is 0.0667. The van der Waals surface area contributed by atoms with Crippen LogP contribution in [0.4, 0.5) is 5.69 Å². The van der Waals surface area contributed by atoms with Crippen LogP contribution in [0.15, 0.2) is 46.3 Å². The molecule has 0 aliphatic rings. The first-order valence-electron chi connectivity index (χ1n) is 5.69. The van der Waals surface area contributed by atoms with Crippen LogP contribution in [0.3, 0.4) is 0 Å². The van der Waals surface area contributed by atoms with Crippen molar-refractivity contribution in [2.75, 3.05) is 5.73 Å². The summed E-state index contributed by atoms with van der Waals surface area (Å²) in [5.74, 6) is 0. The first-order valence-corrected chi connectivity index (χ1v) is 7.36. The highest BCUT2D eigenvalue weighted by Crippen LogP contribution is 2.38. The lowest BCUT2D eigenvalue weighted by molar-refractivity contribution is 1.47. The van der Waals surface area contributed by atoms with Gasteiger partial charge in [-0.05, 0) is 51.5 Å². The van der Waals surface area contributed by atoms with E-state index in [4.69, 9.17) is 5.73 Å². The molecule has 0 saturated carbocycles. The van der Waals surface area contributed by atoms with Gasteiger partial charge in [-0.25, -0.2) is 0 Å². The molecule has 1 nitrogen and oxygen atoms in total. The molecule has 3 rings (SSSR count). The molecular formula is C15H12BrNS. The molecule has 0 saturated heterocycles. The highest BCUT2D eigenvalue weighted by Gasteiger charge is 2.09. The van der Waals surface area contributed by atoms with E-state index in [1.807, 2.05) is 6.92 Å². The molecule has 0 amide bonds. The average molecular weight is 318 g/mol. The van der Waals surface area contributed by atoms with Crippen LogP contribution in [0.25, 0.3) is 21.2 Å². The zero-order valence-electron chi connectivity index (χ0n) is 9.91.